The second-order valence-corrected chi connectivity index (χ2v) is 5.27. The molecule has 0 atom stereocenters. The first-order valence-electron chi connectivity index (χ1n) is 6.09. The molecule has 0 aliphatic carbocycles. The van der Waals surface area contributed by atoms with Crippen molar-refractivity contribution in [3.05, 3.63) is 36.0 Å². The molecule has 2 aromatic rings. The quantitative estimate of drug-likeness (QED) is 0.884. The first-order chi connectivity index (χ1) is 8.88. The Morgan fingerprint density at radius 1 is 1.42 bits per heavy atom. The van der Waals surface area contributed by atoms with E-state index in [1.54, 1.807) is 0 Å². The summed E-state index contributed by atoms with van der Waals surface area (Å²) in [4.78, 5) is 22.8. The second-order valence-electron chi connectivity index (χ2n) is 5.27. The minimum atomic E-state index is -0.849. The van der Waals surface area contributed by atoms with Crippen molar-refractivity contribution in [2.24, 2.45) is 0 Å². The summed E-state index contributed by atoms with van der Waals surface area (Å²) in [5.41, 5.74) is 2.02. The number of hydrogen-bond donors (Lipinski definition) is 2. The molecular weight excluding hydrogens is 242 g/mol. The van der Waals surface area contributed by atoms with Crippen LogP contribution >= 0.6 is 0 Å². The molecule has 0 spiro atoms. The van der Waals surface area contributed by atoms with E-state index in [1.165, 1.54) is 0 Å². The molecule has 0 saturated heterocycles. The zero-order valence-electron chi connectivity index (χ0n) is 11.3. The lowest BCUT2D eigenvalue weighted by Crippen LogP contribution is -2.25. The van der Waals surface area contributed by atoms with Crippen molar-refractivity contribution in [2.75, 3.05) is 0 Å². The Morgan fingerprint density at radius 3 is 2.74 bits per heavy atom. The Labute approximate surface area is 111 Å². The molecule has 0 aliphatic heterocycles. The van der Waals surface area contributed by atoms with Gasteiger partial charge in [-0.25, -0.2) is 9.97 Å². The Kier molecular flexibility index (Phi) is 3.38. The van der Waals surface area contributed by atoms with E-state index in [0.717, 1.165) is 17.0 Å². The smallest absolute Gasteiger partial charge is 0.304 e. The van der Waals surface area contributed by atoms with Gasteiger partial charge in [-0.15, -0.1) is 0 Å². The Balaban J connectivity index is 2.45. The maximum Gasteiger partial charge on any atom is 0.304 e. The molecule has 5 heteroatoms. The van der Waals surface area contributed by atoms with Gasteiger partial charge in [0.15, 0.2) is 0 Å². The number of aromatic amines is 1. The Bertz CT molecular complexity index is 589. The number of nitrogens with one attached hydrogen (secondary N) is 1. The van der Waals surface area contributed by atoms with Gasteiger partial charge >= 0.3 is 5.97 Å². The molecule has 0 aromatic carbocycles. The summed E-state index contributed by atoms with van der Waals surface area (Å²) in [7, 11) is 0. The van der Waals surface area contributed by atoms with Gasteiger partial charge in [0.1, 0.15) is 5.82 Å². The van der Waals surface area contributed by atoms with Crippen LogP contribution in [0.2, 0.25) is 0 Å². The lowest BCUT2D eigenvalue weighted by molar-refractivity contribution is -0.138. The van der Waals surface area contributed by atoms with Crippen molar-refractivity contribution in [3.63, 3.8) is 0 Å². The molecule has 2 aromatic heterocycles. The van der Waals surface area contributed by atoms with Crippen molar-refractivity contribution >= 4 is 5.97 Å². The van der Waals surface area contributed by atoms with Gasteiger partial charge in [-0.05, 0) is 19.1 Å². The number of aryl methyl sites for hydroxylation is 1. The van der Waals surface area contributed by atoms with Crippen LogP contribution in [0.1, 0.15) is 31.8 Å². The van der Waals surface area contributed by atoms with Crippen LogP contribution in [-0.2, 0) is 10.2 Å². The van der Waals surface area contributed by atoms with Crippen LogP contribution in [0.25, 0.3) is 11.3 Å². The molecule has 5 nitrogen and oxygen atoms in total. The molecule has 0 bridgehead atoms. The van der Waals surface area contributed by atoms with Crippen LogP contribution in [0.15, 0.2) is 24.5 Å². The van der Waals surface area contributed by atoms with Crippen LogP contribution in [0.4, 0.5) is 0 Å². The predicted octanol–water partition coefficient (Wildman–Crippen LogP) is 2.53. The zero-order valence-corrected chi connectivity index (χ0v) is 11.3. The van der Waals surface area contributed by atoms with Gasteiger partial charge in [0.05, 0.1) is 12.1 Å². The molecule has 0 radical (unpaired) electrons. The number of aromatic nitrogens is 3. The van der Waals surface area contributed by atoms with Crippen LogP contribution in [-0.4, -0.2) is 26.0 Å². The standard InChI is InChI=1S/C14H17N3O2/c1-9-6-11(10-4-5-15-8-10)17-13(16-9)14(2,3)7-12(18)19/h4-6,8,15H,7H2,1-3H3,(H,18,19). The fraction of sp³-hybridized carbons (Fsp3) is 0.357. The molecule has 2 rings (SSSR count). The third-order valence-corrected chi connectivity index (χ3v) is 2.95. The second kappa shape index (κ2) is 4.84. The van der Waals surface area contributed by atoms with Crippen LogP contribution < -0.4 is 0 Å². The van der Waals surface area contributed by atoms with Crippen LogP contribution in [0, 0.1) is 6.92 Å². The Morgan fingerprint density at radius 2 is 2.16 bits per heavy atom. The molecule has 2 heterocycles. The highest BCUT2D eigenvalue weighted by molar-refractivity contribution is 5.68. The fourth-order valence-electron chi connectivity index (χ4n) is 1.96. The van der Waals surface area contributed by atoms with Gasteiger partial charge in [0, 0.05) is 29.1 Å². The number of carbonyl (C=O) groups is 1. The molecule has 0 amide bonds. The molecular formula is C14H17N3O2. The number of carboxylic acids is 1. The number of aliphatic carboxylic acids is 1. The average Bonchev–Trinajstić information content (AvgIpc) is 2.79. The van der Waals surface area contributed by atoms with Gasteiger partial charge in [-0.2, -0.15) is 0 Å². The number of H-pyrrole nitrogens is 1. The summed E-state index contributed by atoms with van der Waals surface area (Å²) in [6, 6.07) is 3.82. The van der Waals surface area contributed by atoms with E-state index in [-0.39, 0.29) is 6.42 Å². The average molecular weight is 259 g/mol. The maximum absolute atomic E-state index is 10.9. The first-order valence-corrected chi connectivity index (χ1v) is 6.09. The first kappa shape index (κ1) is 13.3. The summed E-state index contributed by atoms with van der Waals surface area (Å²) >= 11 is 0. The molecule has 100 valence electrons. The molecule has 0 unspecified atom stereocenters. The van der Waals surface area contributed by atoms with E-state index in [9.17, 15) is 4.79 Å². The fourth-order valence-corrected chi connectivity index (χ4v) is 1.96. The minimum Gasteiger partial charge on any atom is -0.481 e. The van der Waals surface area contributed by atoms with Crippen molar-refractivity contribution < 1.29 is 9.90 Å². The van der Waals surface area contributed by atoms with E-state index >= 15 is 0 Å². The van der Waals surface area contributed by atoms with Crippen LogP contribution in [0.3, 0.4) is 0 Å². The SMILES string of the molecule is Cc1cc(-c2cc[nH]c2)nc(C(C)(C)CC(=O)O)n1. The van der Waals surface area contributed by atoms with Crippen molar-refractivity contribution in [2.45, 2.75) is 32.6 Å². The van der Waals surface area contributed by atoms with Crippen LogP contribution in [0.5, 0.6) is 0 Å². The number of hydrogen-bond acceptors (Lipinski definition) is 3. The summed E-state index contributed by atoms with van der Waals surface area (Å²) in [5, 5.41) is 8.97. The van der Waals surface area contributed by atoms with Gasteiger partial charge < -0.3 is 10.1 Å². The highest BCUT2D eigenvalue weighted by Gasteiger charge is 2.28. The van der Waals surface area contributed by atoms with E-state index < -0.39 is 11.4 Å². The van der Waals surface area contributed by atoms with E-state index in [4.69, 9.17) is 5.11 Å². The normalized spacial score (nSPS) is 11.5. The highest BCUT2D eigenvalue weighted by Crippen LogP contribution is 2.26. The topological polar surface area (TPSA) is 78.9 Å². The van der Waals surface area contributed by atoms with Gasteiger partial charge in [-0.3, -0.25) is 4.79 Å². The molecule has 19 heavy (non-hydrogen) atoms. The zero-order chi connectivity index (χ0) is 14.0. The summed E-state index contributed by atoms with van der Waals surface area (Å²) in [6.07, 6.45) is 3.69. The largest absolute Gasteiger partial charge is 0.481 e. The van der Waals surface area contributed by atoms with Gasteiger partial charge in [0.2, 0.25) is 0 Å². The molecule has 0 saturated carbocycles. The van der Waals surface area contributed by atoms with E-state index in [1.807, 2.05) is 45.3 Å². The summed E-state index contributed by atoms with van der Waals surface area (Å²) < 4.78 is 0. The highest BCUT2D eigenvalue weighted by atomic mass is 16.4. The minimum absolute atomic E-state index is 0.00301. The maximum atomic E-state index is 10.9. The van der Waals surface area contributed by atoms with Gasteiger partial charge in [-0.1, -0.05) is 13.8 Å². The number of rotatable bonds is 4. The van der Waals surface area contributed by atoms with Gasteiger partial charge in [0.25, 0.3) is 0 Å². The Hall–Kier alpha value is -2.17. The molecule has 0 aliphatic rings. The molecule has 2 N–H and O–H groups in total. The third-order valence-electron chi connectivity index (χ3n) is 2.95. The third kappa shape index (κ3) is 2.99. The van der Waals surface area contributed by atoms with Crippen molar-refractivity contribution in [3.8, 4) is 11.3 Å². The van der Waals surface area contributed by atoms with Crippen molar-refractivity contribution in [1.29, 1.82) is 0 Å². The monoisotopic (exact) mass is 259 g/mol. The number of carboxylic acid groups (broad SMARTS) is 1. The van der Waals surface area contributed by atoms with E-state index in [2.05, 4.69) is 15.0 Å². The predicted molar refractivity (Wildman–Crippen MR) is 71.8 cm³/mol. The lowest BCUT2D eigenvalue weighted by Gasteiger charge is -2.21. The van der Waals surface area contributed by atoms with Crippen molar-refractivity contribution in [1.82, 2.24) is 15.0 Å². The molecule has 0 fully saturated rings. The number of nitrogens with zero attached hydrogens (tertiary/aromatic N) is 2. The summed E-state index contributed by atoms with van der Waals surface area (Å²) in [5.74, 6) is -0.288. The lowest BCUT2D eigenvalue weighted by atomic mass is 9.88. The van der Waals surface area contributed by atoms with E-state index in [0.29, 0.717) is 5.82 Å². The summed E-state index contributed by atoms with van der Waals surface area (Å²) in [6.45, 7) is 5.58.